The van der Waals surface area contributed by atoms with Crippen molar-refractivity contribution in [2.75, 3.05) is 0 Å². The highest BCUT2D eigenvalue weighted by Gasteiger charge is 2.18. The summed E-state index contributed by atoms with van der Waals surface area (Å²) in [4.78, 5) is 25.1. The number of amides is 1. The third kappa shape index (κ3) is 2.94. The topological polar surface area (TPSA) is 81.5 Å². The van der Waals surface area contributed by atoms with Crippen LogP contribution in [0.3, 0.4) is 0 Å². The predicted molar refractivity (Wildman–Crippen MR) is 93.6 cm³/mol. The van der Waals surface area contributed by atoms with Crippen molar-refractivity contribution in [2.45, 2.75) is 58.0 Å². The smallest absolute Gasteiger partial charge is 0.291 e. The minimum absolute atomic E-state index is 0.0563. The molecule has 0 unspecified atom stereocenters. The number of rotatable bonds is 3. The first-order chi connectivity index (χ1) is 12.1. The van der Waals surface area contributed by atoms with E-state index in [1.807, 2.05) is 6.92 Å². The van der Waals surface area contributed by atoms with Gasteiger partial charge in [-0.15, -0.1) is 0 Å². The van der Waals surface area contributed by atoms with Gasteiger partial charge >= 0.3 is 0 Å². The Morgan fingerprint density at radius 2 is 2.04 bits per heavy atom. The number of hydrogen-bond donors (Lipinski definition) is 1. The van der Waals surface area contributed by atoms with E-state index in [4.69, 9.17) is 4.42 Å². The van der Waals surface area contributed by atoms with Crippen molar-refractivity contribution in [1.82, 2.24) is 19.5 Å². The molecule has 1 saturated carbocycles. The van der Waals surface area contributed by atoms with E-state index in [9.17, 15) is 9.59 Å². The molecule has 3 heterocycles. The Morgan fingerprint density at radius 3 is 2.80 bits per heavy atom. The van der Waals surface area contributed by atoms with Crippen molar-refractivity contribution in [3.8, 4) is 0 Å². The predicted octanol–water partition coefficient (Wildman–Crippen LogP) is 2.39. The molecule has 0 aliphatic heterocycles. The van der Waals surface area contributed by atoms with E-state index in [-0.39, 0.29) is 24.1 Å². The minimum atomic E-state index is -0.284. The molecule has 1 aliphatic carbocycles. The lowest BCUT2D eigenvalue weighted by Gasteiger charge is -2.16. The molecule has 0 spiro atoms. The lowest BCUT2D eigenvalue weighted by molar-refractivity contribution is -0.122. The number of carbonyl (C=O) groups is 1. The van der Waals surface area contributed by atoms with Crippen LogP contribution >= 0.6 is 0 Å². The van der Waals surface area contributed by atoms with Gasteiger partial charge in [-0.2, -0.15) is 5.10 Å². The number of aryl methyl sites for hydroxylation is 1. The molecule has 0 saturated heterocycles. The molecule has 0 aromatic carbocycles. The van der Waals surface area contributed by atoms with Crippen LogP contribution in [0.5, 0.6) is 0 Å². The van der Waals surface area contributed by atoms with Gasteiger partial charge in [-0.3, -0.25) is 14.0 Å². The first kappa shape index (κ1) is 15.9. The molecule has 25 heavy (non-hydrogen) atoms. The first-order valence-electron chi connectivity index (χ1n) is 8.89. The summed E-state index contributed by atoms with van der Waals surface area (Å²) in [6.45, 7) is 1.76. The van der Waals surface area contributed by atoms with Gasteiger partial charge in [-0.1, -0.05) is 25.7 Å². The van der Waals surface area contributed by atoms with Crippen LogP contribution < -0.4 is 10.9 Å². The summed E-state index contributed by atoms with van der Waals surface area (Å²) in [6, 6.07) is 3.72. The van der Waals surface area contributed by atoms with Crippen molar-refractivity contribution in [1.29, 1.82) is 0 Å². The highest BCUT2D eigenvalue weighted by molar-refractivity contribution is 5.82. The number of nitrogens with zero attached hydrogens (tertiary/aromatic N) is 3. The maximum absolute atomic E-state index is 12.7. The molecule has 1 amide bonds. The molecule has 0 bridgehead atoms. The average Bonchev–Trinajstić information content (AvgIpc) is 3.07. The normalized spacial score (nSPS) is 16.4. The second-order valence-electron chi connectivity index (χ2n) is 6.80. The first-order valence-corrected chi connectivity index (χ1v) is 8.89. The highest BCUT2D eigenvalue weighted by Crippen LogP contribution is 2.20. The van der Waals surface area contributed by atoms with Crippen molar-refractivity contribution < 1.29 is 9.21 Å². The number of fused-ring (bicyclic) bond motifs is 3. The summed E-state index contributed by atoms with van der Waals surface area (Å²) in [5, 5.41) is 7.38. The van der Waals surface area contributed by atoms with Crippen molar-refractivity contribution in [3.63, 3.8) is 0 Å². The molecule has 4 rings (SSSR count). The molecule has 0 radical (unpaired) electrons. The monoisotopic (exact) mass is 342 g/mol. The van der Waals surface area contributed by atoms with Gasteiger partial charge < -0.3 is 9.73 Å². The second-order valence-corrected chi connectivity index (χ2v) is 6.80. The summed E-state index contributed by atoms with van der Waals surface area (Å²) >= 11 is 0. The molecule has 7 heteroatoms. The van der Waals surface area contributed by atoms with Crippen LogP contribution in [-0.2, 0) is 11.3 Å². The average molecular weight is 342 g/mol. The molecule has 1 N–H and O–H groups in total. The summed E-state index contributed by atoms with van der Waals surface area (Å²) in [7, 11) is 0. The van der Waals surface area contributed by atoms with Crippen molar-refractivity contribution >= 4 is 22.5 Å². The lowest BCUT2D eigenvalue weighted by Crippen LogP contribution is -2.39. The molecule has 132 valence electrons. The van der Waals surface area contributed by atoms with Crippen LogP contribution in [0.1, 0.15) is 44.3 Å². The van der Waals surface area contributed by atoms with Gasteiger partial charge in [0.1, 0.15) is 17.9 Å². The van der Waals surface area contributed by atoms with E-state index in [0.29, 0.717) is 16.9 Å². The summed E-state index contributed by atoms with van der Waals surface area (Å²) in [5.74, 6) is 0.494. The summed E-state index contributed by atoms with van der Waals surface area (Å²) in [6.07, 6.45) is 8.39. The molecule has 0 atom stereocenters. The van der Waals surface area contributed by atoms with Crippen molar-refractivity contribution in [3.05, 3.63) is 34.6 Å². The quantitative estimate of drug-likeness (QED) is 0.741. The molecule has 7 nitrogen and oxygen atoms in total. The standard InChI is InChI=1S/C18H22N4O3/c1-12-20-21(11-17(23)19-13-6-4-2-3-5-7-13)18(24)15-10-16-14(22(12)15)8-9-25-16/h8-10,13H,2-7,11H2,1H3,(H,19,23). The molecular formula is C18H22N4O3. The summed E-state index contributed by atoms with van der Waals surface area (Å²) < 4.78 is 8.38. The van der Waals surface area contributed by atoms with E-state index in [2.05, 4.69) is 10.4 Å². The zero-order valence-electron chi connectivity index (χ0n) is 14.3. The zero-order chi connectivity index (χ0) is 17.4. The minimum Gasteiger partial charge on any atom is -0.463 e. The van der Waals surface area contributed by atoms with Gasteiger partial charge in [0.05, 0.1) is 11.8 Å². The van der Waals surface area contributed by atoms with Gasteiger partial charge in [0.25, 0.3) is 5.56 Å². The van der Waals surface area contributed by atoms with Crippen LogP contribution in [0, 0.1) is 6.92 Å². The largest absolute Gasteiger partial charge is 0.463 e. The van der Waals surface area contributed by atoms with E-state index >= 15 is 0 Å². The molecular weight excluding hydrogens is 320 g/mol. The fraction of sp³-hybridized carbons (Fsp3) is 0.500. The van der Waals surface area contributed by atoms with Gasteiger partial charge in [-0.05, 0) is 19.8 Å². The number of nitrogens with one attached hydrogen (secondary N) is 1. The Kier molecular flexibility index (Phi) is 4.07. The third-order valence-electron chi connectivity index (χ3n) is 4.98. The van der Waals surface area contributed by atoms with Crippen molar-refractivity contribution in [2.24, 2.45) is 0 Å². The molecule has 3 aromatic rings. The Morgan fingerprint density at radius 1 is 1.28 bits per heavy atom. The number of carbonyl (C=O) groups excluding carboxylic acids is 1. The van der Waals surface area contributed by atoms with E-state index in [1.54, 1.807) is 22.8 Å². The highest BCUT2D eigenvalue weighted by atomic mass is 16.3. The van der Waals surface area contributed by atoms with Gasteiger partial charge in [0.2, 0.25) is 5.91 Å². The molecule has 1 aliphatic rings. The fourth-order valence-corrected chi connectivity index (χ4v) is 3.77. The van der Waals surface area contributed by atoms with Crippen LogP contribution in [0.25, 0.3) is 16.6 Å². The summed E-state index contributed by atoms with van der Waals surface area (Å²) in [5.41, 5.74) is 1.65. The Labute approximate surface area is 144 Å². The van der Waals surface area contributed by atoms with Crippen LogP contribution in [-0.4, -0.2) is 26.1 Å². The second kappa shape index (κ2) is 6.38. The number of furan rings is 1. The third-order valence-corrected chi connectivity index (χ3v) is 4.98. The number of aromatic nitrogens is 3. The van der Waals surface area contributed by atoms with E-state index in [1.165, 1.54) is 17.5 Å². The van der Waals surface area contributed by atoms with Crippen LogP contribution in [0.15, 0.2) is 27.6 Å². The Balaban J connectivity index is 1.59. The van der Waals surface area contributed by atoms with E-state index in [0.717, 1.165) is 31.2 Å². The fourth-order valence-electron chi connectivity index (χ4n) is 3.77. The Hall–Kier alpha value is -2.57. The maximum atomic E-state index is 12.7. The maximum Gasteiger partial charge on any atom is 0.291 e. The van der Waals surface area contributed by atoms with Crippen LogP contribution in [0.2, 0.25) is 0 Å². The van der Waals surface area contributed by atoms with E-state index < -0.39 is 0 Å². The van der Waals surface area contributed by atoms with Crippen LogP contribution in [0.4, 0.5) is 0 Å². The van der Waals surface area contributed by atoms with Gasteiger partial charge in [0, 0.05) is 18.2 Å². The van der Waals surface area contributed by atoms with Gasteiger partial charge in [-0.25, -0.2) is 4.68 Å². The SMILES string of the molecule is Cc1nn(CC(=O)NC2CCCCCC2)c(=O)c2cc3occc3n12. The lowest BCUT2D eigenvalue weighted by atomic mass is 10.1. The molecule has 3 aromatic heterocycles. The van der Waals surface area contributed by atoms with Gasteiger partial charge in [0.15, 0.2) is 5.58 Å². The molecule has 1 fully saturated rings. The Bertz CT molecular complexity index is 973. The zero-order valence-corrected chi connectivity index (χ0v) is 14.3. The number of hydrogen-bond acceptors (Lipinski definition) is 4.